The first kappa shape index (κ1) is 17.7. The van der Waals surface area contributed by atoms with Crippen molar-refractivity contribution in [2.24, 2.45) is 5.92 Å². The van der Waals surface area contributed by atoms with E-state index in [4.69, 9.17) is 4.98 Å². The van der Waals surface area contributed by atoms with Gasteiger partial charge in [-0.2, -0.15) is 5.10 Å². The van der Waals surface area contributed by atoms with E-state index in [1.165, 1.54) is 0 Å². The summed E-state index contributed by atoms with van der Waals surface area (Å²) in [5.41, 5.74) is 4.77. The van der Waals surface area contributed by atoms with Crippen molar-refractivity contribution in [1.29, 1.82) is 0 Å². The summed E-state index contributed by atoms with van der Waals surface area (Å²) in [6, 6.07) is 16.0. The van der Waals surface area contributed by atoms with E-state index in [1.807, 2.05) is 47.5 Å². The zero-order valence-corrected chi connectivity index (χ0v) is 16.3. The monoisotopic (exact) mass is 385 g/mol. The van der Waals surface area contributed by atoms with E-state index in [2.05, 4.69) is 40.0 Å². The molecule has 0 radical (unpaired) electrons. The Morgan fingerprint density at radius 3 is 2.83 bits per heavy atom. The maximum atomic E-state index is 12.9. The third-order valence-electron chi connectivity index (χ3n) is 5.82. The highest BCUT2D eigenvalue weighted by Gasteiger charge is 2.33. The van der Waals surface area contributed by atoms with Gasteiger partial charge in [0, 0.05) is 42.7 Å². The second-order valence-electron chi connectivity index (χ2n) is 7.83. The number of aromatic amines is 1. The van der Waals surface area contributed by atoms with Gasteiger partial charge in [-0.25, -0.2) is 4.98 Å². The van der Waals surface area contributed by atoms with Gasteiger partial charge in [0.05, 0.1) is 22.9 Å². The number of nitrogens with one attached hydrogen (secondary N) is 1. The second kappa shape index (κ2) is 7.20. The third-order valence-corrected chi connectivity index (χ3v) is 5.82. The third kappa shape index (κ3) is 3.31. The lowest BCUT2D eigenvalue weighted by atomic mass is 10.1. The number of pyridine rings is 1. The fourth-order valence-electron chi connectivity index (χ4n) is 4.37. The summed E-state index contributed by atoms with van der Waals surface area (Å²) >= 11 is 0. The van der Waals surface area contributed by atoms with Crippen LogP contribution in [0, 0.1) is 5.92 Å². The standard InChI is InChI=1S/C23H23N5O/c1-16-11-17(15-28(16)23(29)18-5-3-2-4-6-18)14-27-10-9-21-22(27)8-7-20(26-21)19-12-24-25-13-19/h2-10,12-13,16-17H,11,14-15H2,1H3,(H,24,25)/t16-,17-/m1/s1. The van der Waals surface area contributed by atoms with Gasteiger partial charge in [0.2, 0.25) is 0 Å². The van der Waals surface area contributed by atoms with E-state index < -0.39 is 0 Å². The van der Waals surface area contributed by atoms with Crippen LogP contribution in [0.3, 0.4) is 0 Å². The molecule has 1 aliphatic heterocycles. The molecule has 2 atom stereocenters. The molecule has 1 aromatic carbocycles. The van der Waals surface area contributed by atoms with Crippen molar-refractivity contribution >= 4 is 16.9 Å². The number of hydrogen-bond acceptors (Lipinski definition) is 3. The molecule has 3 aromatic heterocycles. The number of rotatable bonds is 4. The molecule has 1 saturated heterocycles. The fourth-order valence-corrected chi connectivity index (χ4v) is 4.37. The Labute approximate surface area is 169 Å². The maximum absolute atomic E-state index is 12.9. The number of H-pyrrole nitrogens is 1. The highest BCUT2D eigenvalue weighted by atomic mass is 16.2. The van der Waals surface area contributed by atoms with Crippen LogP contribution >= 0.6 is 0 Å². The van der Waals surface area contributed by atoms with Gasteiger partial charge < -0.3 is 9.47 Å². The van der Waals surface area contributed by atoms with Crippen molar-refractivity contribution in [1.82, 2.24) is 24.6 Å². The molecule has 29 heavy (non-hydrogen) atoms. The van der Waals surface area contributed by atoms with Crippen LogP contribution in [0.1, 0.15) is 23.7 Å². The molecule has 0 bridgehead atoms. The molecule has 0 spiro atoms. The molecule has 0 saturated carbocycles. The lowest BCUT2D eigenvalue weighted by Crippen LogP contribution is -2.34. The van der Waals surface area contributed by atoms with Crippen molar-refractivity contribution < 1.29 is 4.79 Å². The number of benzene rings is 1. The molecule has 1 aliphatic rings. The van der Waals surface area contributed by atoms with Gasteiger partial charge in [0.25, 0.3) is 5.91 Å². The normalized spacial score (nSPS) is 19.1. The summed E-state index contributed by atoms with van der Waals surface area (Å²) in [6.07, 6.45) is 6.74. The highest BCUT2D eigenvalue weighted by molar-refractivity contribution is 5.94. The van der Waals surface area contributed by atoms with Gasteiger partial charge in [-0.05, 0) is 49.6 Å². The largest absolute Gasteiger partial charge is 0.346 e. The SMILES string of the molecule is C[C@@H]1C[C@H](Cn2ccc3nc(-c4cn[nH]c4)ccc32)CN1C(=O)c1ccccc1. The second-order valence-corrected chi connectivity index (χ2v) is 7.83. The summed E-state index contributed by atoms with van der Waals surface area (Å²) in [5.74, 6) is 0.561. The summed E-state index contributed by atoms with van der Waals surface area (Å²) in [6.45, 7) is 3.82. The number of aromatic nitrogens is 4. The molecule has 1 N–H and O–H groups in total. The van der Waals surface area contributed by atoms with E-state index in [-0.39, 0.29) is 11.9 Å². The number of carbonyl (C=O) groups is 1. The van der Waals surface area contributed by atoms with Crippen LogP contribution in [0.25, 0.3) is 22.3 Å². The average molecular weight is 385 g/mol. The predicted octanol–water partition coefficient (Wildman–Crippen LogP) is 3.98. The van der Waals surface area contributed by atoms with Crippen LogP contribution in [0.2, 0.25) is 0 Å². The smallest absolute Gasteiger partial charge is 0.254 e. The zero-order valence-electron chi connectivity index (χ0n) is 16.3. The first-order valence-corrected chi connectivity index (χ1v) is 10.00. The molecule has 1 fully saturated rings. The highest BCUT2D eigenvalue weighted by Crippen LogP contribution is 2.28. The van der Waals surface area contributed by atoms with Crippen molar-refractivity contribution in [3.05, 3.63) is 72.7 Å². The van der Waals surface area contributed by atoms with Gasteiger partial charge in [-0.15, -0.1) is 0 Å². The summed E-state index contributed by atoms with van der Waals surface area (Å²) < 4.78 is 2.26. The Hall–Kier alpha value is -3.41. The van der Waals surface area contributed by atoms with Crippen molar-refractivity contribution in [2.75, 3.05) is 6.54 Å². The van der Waals surface area contributed by atoms with Crippen LogP contribution in [0.5, 0.6) is 0 Å². The zero-order chi connectivity index (χ0) is 19.8. The van der Waals surface area contributed by atoms with E-state index in [0.29, 0.717) is 5.92 Å². The van der Waals surface area contributed by atoms with E-state index in [1.54, 1.807) is 6.20 Å². The minimum atomic E-state index is 0.129. The maximum Gasteiger partial charge on any atom is 0.254 e. The molecule has 6 heteroatoms. The van der Waals surface area contributed by atoms with E-state index in [0.717, 1.165) is 47.4 Å². The number of carbonyl (C=O) groups excluding carboxylic acids is 1. The Kier molecular flexibility index (Phi) is 4.39. The van der Waals surface area contributed by atoms with Crippen LogP contribution in [-0.4, -0.2) is 43.1 Å². The van der Waals surface area contributed by atoms with E-state index in [9.17, 15) is 4.79 Å². The minimum Gasteiger partial charge on any atom is -0.346 e. The van der Waals surface area contributed by atoms with Crippen LogP contribution in [0.15, 0.2) is 67.1 Å². The first-order chi connectivity index (χ1) is 14.2. The Bertz CT molecular complexity index is 1130. The quantitative estimate of drug-likeness (QED) is 0.578. The number of hydrogen-bond donors (Lipinski definition) is 1. The van der Waals surface area contributed by atoms with Crippen molar-refractivity contribution in [2.45, 2.75) is 25.9 Å². The molecule has 0 unspecified atom stereocenters. The summed E-state index contributed by atoms with van der Waals surface area (Å²) in [5, 5.41) is 6.83. The van der Waals surface area contributed by atoms with Gasteiger partial charge in [-0.1, -0.05) is 18.2 Å². The molecule has 4 heterocycles. The average Bonchev–Trinajstić information content (AvgIpc) is 3.49. The predicted molar refractivity (Wildman–Crippen MR) is 112 cm³/mol. The van der Waals surface area contributed by atoms with Gasteiger partial charge in [0.1, 0.15) is 0 Å². The van der Waals surface area contributed by atoms with E-state index >= 15 is 0 Å². The number of fused-ring (bicyclic) bond motifs is 1. The van der Waals surface area contributed by atoms with Crippen molar-refractivity contribution in [3.8, 4) is 11.3 Å². The van der Waals surface area contributed by atoms with Crippen LogP contribution in [-0.2, 0) is 6.54 Å². The number of likely N-dealkylation sites (tertiary alicyclic amines) is 1. The molecule has 5 rings (SSSR count). The molecule has 6 nitrogen and oxygen atoms in total. The molecular weight excluding hydrogens is 362 g/mol. The molecule has 1 amide bonds. The molecule has 0 aliphatic carbocycles. The molecule has 4 aromatic rings. The lowest BCUT2D eigenvalue weighted by Gasteiger charge is -2.21. The Balaban J connectivity index is 1.33. The van der Waals surface area contributed by atoms with Gasteiger partial charge in [0.15, 0.2) is 0 Å². The van der Waals surface area contributed by atoms with Gasteiger partial charge >= 0.3 is 0 Å². The number of amides is 1. The van der Waals surface area contributed by atoms with Gasteiger partial charge in [-0.3, -0.25) is 9.89 Å². The number of nitrogens with zero attached hydrogens (tertiary/aromatic N) is 4. The minimum absolute atomic E-state index is 0.129. The molecule has 146 valence electrons. The van der Waals surface area contributed by atoms with Crippen LogP contribution in [0.4, 0.5) is 0 Å². The summed E-state index contributed by atoms with van der Waals surface area (Å²) in [4.78, 5) is 19.6. The Morgan fingerprint density at radius 1 is 1.17 bits per heavy atom. The Morgan fingerprint density at radius 2 is 2.03 bits per heavy atom. The van der Waals surface area contributed by atoms with Crippen LogP contribution < -0.4 is 0 Å². The summed E-state index contributed by atoms with van der Waals surface area (Å²) in [7, 11) is 0. The molecular formula is C23H23N5O. The van der Waals surface area contributed by atoms with Crippen molar-refractivity contribution in [3.63, 3.8) is 0 Å². The fraction of sp³-hybridized carbons (Fsp3) is 0.261. The topological polar surface area (TPSA) is 66.8 Å². The lowest BCUT2D eigenvalue weighted by molar-refractivity contribution is 0.0742. The first-order valence-electron chi connectivity index (χ1n) is 10.00.